The number of piperazine rings is 1. The third-order valence-corrected chi connectivity index (χ3v) is 3.89. The lowest BCUT2D eigenvalue weighted by molar-refractivity contribution is 0.229. The fourth-order valence-corrected chi connectivity index (χ4v) is 2.60. The van der Waals surface area contributed by atoms with Crippen LogP contribution in [0.3, 0.4) is 0 Å². The first kappa shape index (κ1) is 15.1. The summed E-state index contributed by atoms with van der Waals surface area (Å²) in [5.41, 5.74) is 1.67. The fraction of sp³-hybridized carbons (Fsp3) is 0.533. The maximum absolute atomic E-state index is 9.22. The van der Waals surface area contributed by atoms with Gasteiger partial charge in [-0.1, -0.05) is 11.6 Å². The number of nitriles is 1. The number of nitrogens with zero attached hydrogens (tertiary/aromatic N) is 4. The van der Waals surface area contributed by atoms with Gasteiger partial charge in [-0.15, -0.1) is 0 Å². The van der Waals surface area contributed by atoms with E-state index in [0.717, 1.165) is 45.0 Å². The van der Waals surface area contributed by atoms with E-state index in [0.29, 0.717) is 10.6 Å². The quantitative estimate of drug-likeness (QED) is 0.849. The van der Waals surface area contributed by atoms with Gasteiger partial charge in [0.1, 0.15) is 6.07 Å². The van der Waals surface area contributed by atoms with Crippen molar-refractivity contribution in [2.45, 2.75) is 0 Å². The molecule has 20 heavy (non-hydrogen) atoms. The molecule has 1 aliphatic rings. The van der Waals surface area contributed by atoms with E-state index in [-0.39, 0.29) is 0 Å². The van der Waals surface area contributed by atoms with Crippen LogP contribution in [-0.4, -0.2) is 63.2 Å². The van der Waals surface area contributed by atoms with Crippen LogP contribution in [0.15, 0.2) is 18.2 Å². The summed E-state index contributed by atoms with van der Waals surface area (Å²) in [4.78, 5) is 6.96. The number of benzene rings is 1. The van der Waals surface area contributed by atoms with Crippen molar-refractivity contribution in [3.05, 3.63) is 28.8 Å². The van der Waals surface area contributed by atoms with Gasteiger partial charge in [-0.2, -0.15) is 5.26 Å². The minimum atomic E-state index is 0.620. The molecule has 0 aliphatic carbocycles. The molecule has 1 heterocycles. The van der Waals surface area contributed by atoms with Crippen LogP contribution in [0.2, 0.25) is 5.02 Å². The van der Waals surface area contributed by atoms with Gasteiger partial charge in [-0.25, -0.2) is 0 Å². The van der Waals surface area contributed by atoms with Gasteiger partial charge >= 0.3 is 0 Å². The first-order valence-electron chi connectivity index (χ1n) is 6.92. The van der Waals surface area contributed by atoms with Gasteiger partial charge in [0.25, 0.3) is 0 Å². The van der Waals surface area contributed by atoms with E-state index in [9.17, 15) is 5.26 Å². The Morgan fingerprint density at radius 1 is 1.25 bits per heavy atom. The van der Waals surface area contributed by atoms with E-state index in [1.807, 2.05) is 12.1 Å². The normalized spacial score (nSPS) is 16.4. The van der Waals surface area contributed by atoms with Crippen LogP contribution in [-0.2, 0) is 0 Å². The van der Waals surface area contributed by atoms with Crippen LogP contribution in [0.4, 0.5) is 5.69 Å². The molecule has 0 radical (unpaired) electrons. The fourth-order valence-electron chi connectivity index (χ4n) is 2.43. The van der Waals surface area contributed by atoms with Crippen molar-refractivity contribution < 1.29 is 0 Å². The molecule has 108 valence electrons. The van der Waals surface area contributed by atoms with E-state index in [1.54, 1.807) is 6.07 Å². The van der Waals surface area contributed by atoms with Crippen LogP contribution in [0, 0.1) is 11.3 Å². The molecule has 2 rings (SSSR count). The molecule has 0 saturated carbocycles. The third kappa shape index (κ3) is 3.86. The highest BCUT2D eigenvalue weighted by Crippen LogP contribution is 2.24. The largest absolute Gasteiger partial charge is 0.368 e. The maximum Gasteiger partial charge on any atom is 0.101 e. The number of hydrogen-bond donors (Lipinski definition) is 0. The van der Waals surface area contributed by atoms with Crippen LogP contribution < -0.4 is 4.90 Å². The molecule has 0 atom stereocenters. The average molecular weight is 293 g/mol. The maximum atomic E-state index is 9.22. The zero-order chi connectivity index (χ0) is 14.5. The molecule has 1 aliphatic heterocycles. The lowest BCUT2D eigenvalue weighted by Gasteiger charge is -2.36. The van der Waals surface area contributed by atoms with E-state index in [4.69, 9.17) is 11.6 Å². The summed E-state index contributed by atoms with van der Waals surface area (Å²) in [5, 5.41) is 9.84. The van der Waals surface area contributed by atoms with E-state index in [2.05, 4.69) is 34.9 Å². The second-order valence-corrected chi connectivity index (χ2v) is 5.84. The van der Waals surface area contributed by atoms with E-state index >= 15 is 0 Å². The van der Waals surface area contributed by atoms with Gasteiger partial charge in [0.05, 0.1) is 11.3 Å². The molecular formula is C15H21ClN4. The summed E-state index contributed by atoms with van der Waals surface area (Å²) < 4.78 is 0. The molecule has 1 saturated heterocycles. The van der Waals surface area contributed by atoms with Gasteiger partial charge < -0.3 is 9.80 Å². The molecule has 0 N–H and O–H groups in total. The summed E-state index contributed by atoms with van der Waals surface area (Å²) in [6.45, 7) is 6.20. The van der Waals surface area contributed by atoms with Crippen LogP contribution in [0.25, 0.3) is 0 Å². The Balaban J connectivity index is 1.96. The highest BCUT2D eigenvalue weighted by Gasteiger charge is 2.19. The topological polar surface area (TPSA) is 33.5 Å². The summed E-state index contributed by atoms with van der Waals surface area (Å²) in [6, 6.07) is 7.80. The summed E-state index contributed by atoms with van der Waals surface area (Å²) in [7, 11) is 4.20. The van der Waals surface area contributed by atoms with Gasteiger partial charge in [-0.3, -0.25) is 4.90 Å². The van der Waals surface area contributed by atoms with Crippen molar-refractivity contribution in [2.75, 3.05) is 58.3 Å². The van der Waals surface area contributed by atoms with Crippen LogP contribution >= 0.6 is 11.6 Å². The van der Waals surface area contributed by atoms with Crippen molar-refractivity contribution in [1.82, 2.24) is 9.80 Å². The summed E-state index contributed by atoms with van der Waals surface area (Å²) in [6.07, 6.45) is 0. The number of rotatable bonds is 4. The molecule has 0 aromatic heterocycles. The Morgan fingerprint density at radius 2 is 1.95 bits per heavy atom. The number of likely N-dealkylation sites (N-methyl/N-ethyl adjacent to an activating group) is 1. The minimum Gasteiger partial charge on any atom is -0.368 e. The van der Waals surface area contributed by atoms with Gasteiger partial charge in [0, 0.05) is 44.3 Å². The minimum absolute atomic E-state index is 0.620. The molecule has 0 bridgehead atoms. The van der Waals surface area contributed by atoms with Crippen molar-refractivity contribution in [3.63, 3.8) is 0 Å². The Bertz CT molecular complexity index is 487. The molecule has 0 spiro atoms. The highest BCUT2D eigenvalue weighted by atomic mass is 35.5. The predicted octanol–water partition coefficient (Wildman–Crippen LogP) is 1.90. The first-order valence-corrected chi connectivity index (χ1v) is 7.29. The summed E-state index contributed by atoms with van der Waals surface area (Å²) >= 11 is 5.95. The Kier molecular flexibility index (Phi) is 5.24. The molecule has 5 heteroatoms. The summed E-state index contributed by atoms with van der Waals surface area (Å²) in [5.74, 6) is 0. The van der Waals surface area contributed by atoms with Crippen molar-refractivity contribution in [2.24, 2.45) is 0 Å². The standard InChI is InChI=1S/C15H21ClN4/c1-18(2)5-6-19-7-9-20(10-8-19)15-4-3-14(16)11-13(15)12-17/h3-4,11H,5-10H2,1-2H3. The lowest BCUT2D eigenvalue weighted by Crippen LogP contribution is -2.48. The Hall–Kier alpha value is -1.28. The van der Waals surface area contributed by atoms with Gasteiger partial charge in [-0.05, 0) is 32.3 Å². The van der Waals surface area contributed by atoms with Crippen molar-refractivity contribution in [1.29, 1.82) is 5.26 Å². The SMILES string of the molecule is CN(C)CCN1CCN(c2ccc(Cl)cc2C#N)CC1. The second-order valence-electron chi connectivity index (χ2n) is 5.41. The van der Waals surface area contributed by atoms with Crippen LogP contribution in [0.5, 0.6) is 0 Å². The molecule has 0 unspecified atom stereocenters. The van der Waals surface area contributed by atoms with E-state index in [1.165, 1.54) is 0 Å². The zero-order valence-electron chi connectivity index (χ0n) is 12.1. The molecule has 4 nitrogen and oxygen atoms in total. The predicted molar refractivity (Wildman–Crippen MR) is 83.4 cm³/mol. The molecular weight excluding hydrogens is 272 g/mol. The second kappa shape index (κ2) is 6.94. The number of hydrogen-bond acceptors (Lipinski definition) is 4. The molecule has 1 aromatic carbocycles. The smallest absolute Gasteiger partial charge is 0.101 e. The lowest BCUT2D eigenvalue weighted by atomic mass is 10.1. The van der Waals surface area contributed by atoms with Gasteiger partial charge in [0.15, 0.2) is 0 Å². The monoisotopic (exact) mass is 292 g/mol. The molecule has 1 fully saturated rings. The Morgan fingerprint density at radius 3 is 2.55 bits per heavy atom. The first-order chi connectivity index (χ1) is 9.60. The Labute approximate surface area is 126 Å². The van der Waals surface area contributed by atoms with Gasteiger partial charge in [0.2, 0.25) is 0 Å². The number of anilines is 1. The highest BCUT2D eigenvalue weighted by molar-refractivity contribution is 6.30. The van der Waals surface area contributed by atoms with E-state index < -0.39 is 0 Å². The van der Waals surface area contributed by atoms with Crippen molar-refractivity contribution in [3.8, 4) is 6.07 Å². The van der Waals surface area contributed by atoms with Crippen LogP contribution in [0.1, 0.15) is 5.56 Å². The number of halogens is 1. The molecule has 1 aromatic rings. The zero-order valence-corrected chi connectivity index (χ0v) is 12.9. The van der Waals surface area contributed by atoms with Crippen molar-refractivity contribution >= 4 is 17.3 Å². The average Bonchev–Trinajstić information content (AvgIpc) is 2.45. The molecule has 0 amide bonds. The third-order valence-electron chi connectivity index (χ3n) is 3.66.